The molecule has 1 fully saturated rings. The van der Waals surface area contributed by atoms with Crippen LogP contribution in [0.25, 0.3) is 6.08 Å². The number of rotatable bonds is 6. The van der Waals surface area contributed by atoms with Crippen LogP contribution >= 0.6 is 23.4 Å². The van der Waals surface area contributed by atoms with Crippen molar-refractivity contribution in [1.29, 1.82) is 0 Å². The third-order valence-electron chi connectivity index (χ3n) is 4.91. The van der Waals surface area contributed by atoms with E-state index in [0.29, 0.717) is 22.4 Å². The van der Waals surface area contributed by atoms with Crippen LogP contribution in [0.3, 0.4) is 0 Å². The summed E-state index contributed by atoms with van der Waals surface area (Å²) in [5, 5.41) is -0.326. The van der Waals surface area contributed by atoms with Crippen molar-refractivity contribution in [3.05, 3.63) is 99.2 Å². The van der Waals surface area contributed by atoms with Gasteiger partial charge in [-0.2, -0.15) is 0 Å². The van der Waals surface area contributed by atoms with E-state index in [1.165, 1.54) is 19.2 Å². The van der Waals surface area contributed by atoms with Crippen LogP contribution in [-0.2, 0) is 11.3 Å². The predicted molar refractivity (Wildman–Crippen MR) is 127 cm³/mol. The fraction of sp³-hybridized carbons (Fsp3) is 0.0800. The predicted octanol–water partition coefficient (Wildman–Crippen LogP) is 5.94. The summed E-state index contributed by atoms with van der Waals surface area (Å²) in [6.45, 7) is -0.0688. The van der Waals surface area contributed by atoms with Gasteiger partial charge in [-0.1, -0.05) is 29.8 Å². The molecule has 6 nitrogen and oxygen atoms in total. The second-order valence-corrected chi connectivity index (χ2v) is 8.59. The quantitative estimate of drug-likeness (QED) is 0.238. The highest BCUT2D eigenvalue weighted by molar-refractivity contribution is 8.18. The van der Waals surface area contributed by atoms with Crippen LogP contribution < -0.4 is 9.47 Å². The minimum Gasteiger partial charge on any atom is -0.497 e. The van der Waals surface area contributed by atoms with Gasteiger partial charge in [-0.15, -0.1) is 0 Å². The number of ether oxygens (including phenoxy) is 2. The first-order chi connectivity index (χ1) is 16.3. The molecule has 34 heavy (non-hydrogen) atoms. The van der Waals surface area contributed by atoms with E-state index in [-0.39, 0.29) is 22.2 Å². The molecule has 0 unspecified atom stereocenters. The van der Waals surface area contributed by atoms with Gasteiger partial charge in [-0.05, 0) is 77.5 Å². The Labute approximate surface area is 203 Å². The molecule has 0 radical (unpaired) electrons. The molecule has 2 amide bonds. The zero-order chi connectivity index (χ0) is 24.2. The van der Waals surface area contributed by atoms with Gasteiger partial charge >= 0.3 is 5.97 Å². The highest BCUT2D eigenvalue weighted by Crippen LogP contribution is 2.34. The van der Waals surface area contributed by atoms with E-state index in [1.54, 1.807) is 54.6 Å². The third kappa shape index (κ3) is 5.30. The molecule has 1 heterocycles. The lowest BCUT2D eigenvalue weighted by molar-refractivity contribution is -0.123. The summed E-state index contributed by atoms with van der Waals surface area (Å²) in [6.07, 6.45) is 1.54. The lowest BCUT2D eigenvalue weighted by Crippen LogP contribution is -2.27. The van der Waals surface area contributed by atoms with Gasteiger partial charge in [-0.3, -0.25) is 14.5 Å². The van der Waals surface area contributed by atoms with E-state index in [9.17, 15) is 18.8 Å². The first kappa shape index (κ1) is 23.5. The van der Waals surface area contributed by atoms with Crippen LogP contribution in [0.2, 0.25) is 5.02 Å². The van der Waals surface area contributed by atoms with Crippen LogP contribution in [-0.4, -0.2) is 29.1 Å². The summed E-state index contributed by atoms with van der Waals surface area (Å²) in [4.78, 5) is 38.9. The number of thioether (sulfide) groups is 1. The molecule has 1 saturated heterocycles. The Morgan fingerprint density at radius 2 is 1.82 bits per heavy atom. The number of hydrogen-bond acceptors (Lipinski definition) is 6. The van der Waals surface area contributed by atoms with Gasteiger partial charge in [-0.25, -0.2) is 9.18 Å². The number of carbonyl (C=O) groups is 3. The fourth-order valence-electron chi connectivity index (χ4n) is 3.17. The van der Waals surface area contributed by atoms with Crippen molar-refractivity contribution in [3.63, 3.8) is 0 Å². The normalized spacial score (nSPS) is 14.6. The molecule has 0 atom stereocenters. The van der Waals surface area contributed by atoms with Crippen molar-refractivity contribution in [2.24, 2.45) is 0 Å². The summed E-state index contributed by atoms with van der Waals surface area (Å²) < 4.78 is 23.8. The highest BCUT2D eigenvalue weighted by Gasteiger charge is 2.35. The maximum Gasteiger partial charge on any atom is 0.343 e. The van der Waals surface area contributed by atoms with Crippen LogP contribution in [0.1, 0.15) is 21.5 Å². The Hall–Kier alpha value is -3.62. The molecule has 172 valence electrons. The maximum absolute atomic E-state index is 13.3. The topological polar surface area (TPSA) is 72.9 Å². The first-order valence-corrected chi connectivity index (χ1v) is 11.2. The lowest BCUT2D eigenvalue weighted by atomic mass is 10.2. The summed E-state index contributed by atoms with van der Waals surface area (Å²) in [5.74, 6) is -0.635. The Kier molecular flexibility index (Phi) is 7.00. The molecule has 0 spiro atoms. The highest BCUT2D eigenvalue weighted by atomic mass is 35.5. The van der Waals surface area contributed by atoms with Gasteiger partial charge < -0.3 is 9.47 Å². The molecule has 4 rings (SSSR count). The minimum atomic E-state index is -0.545. The molecule has 0 aromatic heterocycles. The summed E-state index contributed by atoms with van der Waals surface area (Å²) in [6, 6.07) is 16.9. The Balaban J connectivity index is 1.48. The second kappa shape index (κ2) is 10.1. The van der Waals surface area contributed by atoms with Crippen molar-refractivity contribution in [2.75, 3.05) is 7.11 Å². The molecule has 3 aromatic rings. The van der Waals surface area contributed by atoms with Crippen LogP contribution in [0.5, 0.6) is 11.5 Å². The Bertz CT molecular complexity index is 1310. The van der Waals surface area contributed by atoms with E-state index >= 15 is 0 Å². The summed E-state index contributed by atoms with van der Waals surface area (Å²) >= 11 is 6.82. The van der Waals surface area contributed by atoms with Crippen molar-refractivity contribution in [1.82, 2.24) is 4.90 Å². The molecule has 0 N–H and O–H groups in total. The molecule has 1 aliphatic rings. The molecule has 0 aliphatic carbocycles. The van der Waals surface area contributed by atoms with Crippen molar-refractivity contribution >= 4 is 46.6 Å². The van der Waals surface area contributed by atoms with Gasteiger partial charge in [0.2, 0.25) is 0 Å². The third-order valence-corrected chi connectivity index (χ3v) is 6.17. The van der Waals surface area contributed by atoms with Crippen LogP contribution in [0, 0.1) is 5.82 Å². The van der Waals surface area contributed by atoms with Crippen molar-refractivity contribution in [2.45, 2.75) is 6.54 Å². The molecular weight excluding hydrogens is 481 g/mol. The van der Waals surface area contributed by atoms with Gasteiger partial charge in [0.25, 0.3) is 11.1 Å². The van der Waals surface area contributed by atoms with Crippen LogP contribution in [0.4, 0.5) is 9.18 Å². The van der Waals surface area contributed by atoms with Crippen molar-refractivity contribution < 1.29 is 28.2 Å². The number of imide groups is 1. The maximum atomic E-state index is 13.3. The van der Waals surface area contributed by atoms with Crippen molar-refractivity contribution in [3.8, 4) is 11.5 Å². The van der Waals surface area contributed by atoms with Crippen LogP contribution in [0.15, 0.2) is 71.6 Å². The number of hydrogen-bond donors (Lipinski definition) is 0. The van der Waals surface area contributed by atoms with Gasteiger partial charge in [0.1, 0.15) is 17.3 Å². The Morgan fingerprint density at radius 1 is 1.06 bits per heavy atom. The largest absolute Gasteiger partial charge is 0.497 e. The number of esters is 1. The molecule has 3 aromatic carbocycles. The van der Waals surface area contributed by atoms with Gasteiger partial charge in [0.15, 0.2) is 0 Å². The van der Waals surface area contributed by atoms with Gasteiger partial charge in [0, 0.05) is 5.02 Å². The molecule has 0 bridgehead atoms. The lowest BCUT2D eigenvalue weighted by Gasteiger charge is -2.13. The minimum absolute atomic E-state index is 0.0688. The zero-order valence-corrected chi connectivity index (χ0v) is 19.4. The number of carbonyl (C=O) groups excluding carboxylic acids is 3. The number of benzene rings is 3. The SMILES string of the molecule is COc1ccc(C(=O)Oc2cccc(/C=C3\SC(=O)N(Cc4ccc(F)cc4Cl)C3=O)c2)cc1. The molecule has 1 aliphatic heterocycles. The van der Waals surface area contributed by atoms with Gasteiger partial charge in [0.05, 0.1) is 24.1 Å². The number of halogens is 2. The molecular formula is C25H17ClFNO5S. The molecule has 0 saturated carbocycles. The smallest absolute Gasteiger partial charge is 0.343 e. The second-order valence-electron chi connectivity index (χ2n) is 7.19. The summed E-state index contributed by atoms with van der Waals surface area (Å²) in [5.41, 5.74) is 1.39. The average molecular weight is 498 g/mol. The van der Waals surface area contributed by atoms with E-state index in [0.717, 1.165) is 22.7 Å². The zero-order valence-electron chi connectivity index (χ0n) is 17.8. The average Bonchev–Trinajstić information content (AvgIpc) is 3.08. The Morgan fingerprint density at radius 3 is 2.53 bits per heavy atom. The molecule has 9 heteroatoms. The first-order valence-electron chi connectivity index (χ1n) is 9.99. The summed E-state index contributed by atoms with van der Waals surface area (Å²) in [7, 11) is 1.53. The number of methoxy groups -OCH3 is 1. The van der Waals surface area contributed by atoms with E-state index < -0.39 is 22.9 Å². The van der Waals surface area contributed by atoms with E-state index in [1.807, 2.05) is 0 Å². The monoisotopic (exact) mass is 497 g/mol. The van der Waals surface area contributed by atoms with E-state index in [4.69, 9.17) is 21.1 Å². The van der Waals surface area contributed by atoms with E-state index in [2.05, 4.69) is 0 Å². The number of amides is 2. The number of nitrogens with zero attached hydrogens (tertiary/aromatic N) is 1. The fourth-order valence-corrected chi connectivity index (χ4v) is 4.23. The standard InChI is InChI=1S/C25H17ClFNO5S/c1-32-19-9-6-16(7-10-19)24(30)33-20-4-2-3-15(11-20)12-22-23(29)28(25(31)34-22)14-17-5-8-18(27)13-21(17)26/h2-13H,14H2,1H3/b22-12-.